The molecule has 136 valence electrons. The van der Waals surface area contributed by atoms with Crippen molar-refractivity contribution in [3.63, 3.8) is 0 Å². The van der Waals surface area contributed by atoms with Gasteiger partial charge in [0.25, 0.3) is 24.1 Å². The van der Waals surface area contributed by atoms with E-state index in [9.17, 15) is 14.4 Å². The first-order valence-electron chi connectivity index (χ1n) is 8.28. The van der Waals surface area contributed by atoms with Crippen molar-refractivity contribution in [3.05, 3.63) is 0 Å². The molecule has 9 nitrogen and oxygen atoms in total. The fourth-order valence-corrected chi connectivity index (χ4v) is 3.57. The Hall–Kier alpha value is -2.29. The van der Waals surface area contributed by atoms with Crippen molar-refractivity contribution in [2.24, 2.45) is 4.99 Å². The molecule has 3 aliphatic rings. The molecule has 0 aromatic carbocycles. The first-order chi connectivity index (χ1) is 11.6. The lowest BCUT2D eigenvalue weighted by Crippen LogP contribution is -2.64. The minimum Gasteiger partial charge on any atom is -0.369 e. The van der Waals surface area contributed by atoms with Crippen LogP contribution in [-0.2, 0) is 14.3 Å². The van der Waals surface area contributed by atoms with Crippen LogP contribution in [0.3, 0.4) is 0 Å². The smallest absolute Gasteiger partial charge is 0.334 e. The molecule has 0 aromatic heterocycles. The van der Waals surface area contributed by atoms with Crippen LogP contribution >= 0.6 is 0 Å². The Kier molecular flexibility index (Phi) is 4.14. The van der Waals surface area contributed by atoms with Crippen LogP contribution in [-0.4, -0.2) is 101 Å². The van der Waals surface area contributed by atoms with Gasteiger partial charge in [-0.3, -0.25) is 19.4 Å². The zero-order chi connectivity index (χ0) is 18.5. The van der Waals surface area contributed by atoms with Crippen LogP contribution < -0.4 is 0 Å². The highest BCUT2D eigenvalue weighted by molar-refractivity contribution is 6.22. The maximum absolute atomic E-state index is 12.7. The van der Waals surface area contributed by atoms with Crippen molar-refractivity contribution in [1.82, 2.24) is 14.7 Å². The molecule has 3 rings (SSSR count). The third kappa shape index (κ3) is 3.04. The summed E-state index contributed by atoms with van der Waals surface area (Å²) in [4.78, 5) is 46.1. The molecular weight excluding hydrogens is 326 g/mol. The number of hydrogen-bond acceptors (Lipinski definition) is 5. The third-order valence-electron chi connectivity index (χ3n) is 4.60. The quantitative estimate of drug-likeness (QED) is 0.620. The number of imide groups is 1. The van der Waals surface area contributed by atoms with Gasteiger partial charge in [0.15, 0.2) is 0 Å². The second-order valence-electron chi connectivity index (χ2n) is 7.40. The number of fused-ring (bicyclic) bond motifs is 1. The summed E-state index contributed by atoms with van der Waals surface area (Å²) >= 11 is 0. The Bertz CT molecular complexity index is 699. The summed E-state index contributed by atoms with van der Waals surface area (Å²) in [5.74, 6) is -0.294. The molecule has 3 aliphatic heterocycles. The molecular formula is C16H24N5O4+. The number of aliphatic imine (C=N–C) groups is 1. The van der Waals surface area contributed by atoms with E-state index in [0.29, 0.717) is 18.9 Å². The molecule has 0 aromatic rings. The van der Waals surface area contributed by atoms with Crippen LogP contribution in [0.15, 0.2) is 4.99 Å². The van der Waals surface area contributed by atoms with Crippen LogP contribution in [0.4, 0.5) is 4.79 Å². The Labute approximate surface area is 146 Å². The number of carbonyl (C=O) groups excluding carboxylic acids is 3. The van der Waals surface area contributed by atoms with E-state index < -0.39 is 23.6 Å². The molecule has 0 N–H and O–H groups in total. The Morgan fingerprint density at radius 3 is 2.76 bits per heavy atom. The number of ether oxygens (including phenoxy) is 1. The van der Waals surface area contributed by atoms with E-state index in [-0.39, 0.29) is 18.6 Å². The van der Waals surface area contributed by atoms with E-state index in [0.717, 1.165) is 4.90 Å². The van der Waals surface area contributed by atoms with Gasteiger partial charge in [0, 0.05) is 20.1 Å². The Morgan fingerprint density at radius 1 is 1.44 bits per heavy atom. The van der Waals surface area contributed by atoms with Gasteiger partial charge in [-0.15, -0.1) is 0 Å². The van der Waals surface area contributed by atoms with Gasteiger partial charge in [0.05, 0.1) is 18.8 Å². The minimum absolute atomic E-state index is 0.0996. The van der Waals surface area contributed by atoms with Gasteiger partial charge in [0.1, 0.15) is 6.54 Å². The number of hydrogen-bond donors (Lipinski definition) is 0. The number of carbonyl (C=O) groups is 3. The summed E-state index contributed by atoms with van der Waals surface area (Å²) < 4.78 is 7.43. The van der Waals surface area contributed by atoms with Gasteiger partial charge in [-0.2, -0.15) is 0 Å². The van der Waals surface area contributed by atoms with Crippen LogP contribution in [0.1, 0.15) is 20.8 Å². The summed E-state index contributed by atoms with van der Waals surface area (Å²) in [6, 6.07) is -1.19. The SMILES string of the molecule is CC1CN(C(=O)CN2C(=O)C3C(=NC=[N+]3C)N(C)C2=O)CC(C)(C)O1. The molecule has 2 saturated heterocycles. The third-order valence-corrected chi connectivity index (χ3v) is 4.60. The summed E-state index contributed by atoms with van der Waals surface area (Å²) in [6.45, 7) is 6.32. The average Bonchev–Trinajstić information content (AvgIpc) is 2.89. The predicted molar refractivity (Wildman–Crippen MR) is 89.5 cm³/mol. The second-order valence-corrected chi connectivity index (χ2v) is 7.40. The first-order valence-corrected chi connectivity index (χ1v) is 8.28. The molecule has 3 heterocycles. The highest BCUT2D eigenvalue weighted by Crippen LogP contribution is 2.22. The summed E-state index contributed by atoms with van der Waals surface area (Å²) in [5.41, 5.74) is -0.458. The minimum atomic E-state index is -0.657. The van der Waals surface area contributed by atoms with Crippen LogP contribution in [0.25, 0.3) is 0 Å². The molecule has 2 atom stereocenters. The van der Waals surface area contributed by atoms with Crippen molar-refractivity contribution < 1.29 is 23.7 Å². The lowest BCUT2D eigenvalue weighted by atomic mass is 10.1. The monoisotopic (exact) mass is 350 g/mol. The molecule has 4 amide bonds. The molecule has 0 aliphatic carbocycles. The van der Waals surface area contributed by atoms with E-state index in [4.69, 9.17) is 4.74 Å². The number of morpholine rings is 1. The standard InChI is InChI=1S/C16H24N5O4/c1-10-6-20(8-16(2,3)25-10)11(22)7-21-14(23)12-13(17-9-18(12)4)19(5)15(21)24/h9-10,12H,6-8H2,1-5H3/q+1. The molecule has 0 saturated carbocycles. The maximum atomic E-state index is 12.7. The topological polar surface area (TPSA) is 85.5 Å². The van der Waals surface area contributed by atoms with Crippen molar-refractivity contribution in [3.8, 4) is 0 Å². The predicted octanol–water partition coefficient (Wildman–Crippen LogP) is -0.642. The molecule has 2 unspecified atom stereocenters. The van der Waals surface area contributed by atoms with E-state index in [1.807, 2.05) is 20.8 Å². The number of urea groups is 1. The lowest BCUT2D eigenvalue weighted by molar-refractivity contribution is -0.500. The molecule has 25 heavy (non-hydrogen) atoms. The summed E-state index contributed by atoms with van der Waals surface area (Å²) in [5, 5.41) is 0. The van der Waals surface area contributed by atoms with E-state index in [2.05, 4.69) is 4.99 Å². The Balaban J connectivity index is 1.76. The molecule has 2 fully saturated rings. The van der Waals surface area contributed by atoms with Crippen LogP contribution in [0.2, 0.25) is 0 Å². The van der Waals surface area contributed by atoms with Crippen molar-refractivity contribution in [2.75, 3.05) is 33.7 Å². The number of nitrogens with zero attached hydrogens (tertiary/aromatic N) is 5. The molecule has 0 bridgehead atoms. The summed E-state index contributed by atoms with van der Waals surface area (Å²) in [6.07, 6.45) is 1.41. The van der Waals surface area contributed by atoms with Crippen molar-refractivity contribution in [2.45, 2.75) is 38.5 Å². The number of amidine groups is 1. The number of rotatable bonds is 2. The molecule has 9 heteroatoms. The molecule has 0 radical (unpaired) electrons. The zero-order valence-corrected chi connectivity index (χ0v) is 15.2. The van der Waals surface area contributed by atoms with Gasteiger partial charge in [0.2, 0.25) is 5.91 Å². The molecule has 0 spiro atoms. The zero-order valence-electron chi connectivity index (χ0n) is 15.2. The highest BCUT2D eigenvalue weighted by Gasteiger charge is 2.51. The number of likely N-dealkylation sites (N-methyl/N-ethyl adjacent to an activating group) is 2. The van der Waals surface area contributed by atoms with Gasteiger partial charge in [-0.05, 0) is 25.8 Å². The maximum Gasteiger partial charge on any atom is 0.334 e. The average molecular weight is 350 g/mol. The Morgan fingerprint density at radius 2 is 2.12 bits per heavy atom. The second kappa shape index (κ2) is 5.91. The van der Waals surface area contributed by atoms with E-state index in [1.165, 1.54) is 11.2 Å². The fourth-order valence-electron chi connectivity index (χ4n) is 3.57. The van der Waals surface area contributed by atoms with Gasteiger partial charge in [-0.25, -0.2) is 9.37 Å². The largest absolute Gasteiger partial charge is 0.369 e. The van der Waals surface area contributed by atoms with Crippen LogP contribution in [0.5, 0.6) is 0 Å². The van der Waals surface area contributed by atoms with Gasteiger partial charge < -0.3 is 9.64 Å². The first kappa shape index (κ1) is 17.5. The van der Waals surface area contributed by atoms with Gasteiger partial charge in [-0.1, -0.05) is 0 Å². The van der Waals surface area contributed by atoms with Crippen molar-refractivity contribution in [1.29, 1.82) is 0 Å². The number of amides is 4. The fraction of sp³-hybridized carbons (Fsp3) is 0.688. The van der Waals surface area contributed by atoms with Crippen molar-refractivity contribution >= 4 is 30.0 Å². The van der Waals surface area contributed by atoms with E-state index in [1.54, 1.807) is 23.6 Å². The summed E-state index contributed by atoms with van der Waals surface area (Å²) in [7, 11) is 3.28. The van der Waals surface area contributed by atoms with E-state index >= 15 is 0 Å². The van der Waals surface area contributed by atoms with Crippen LogP contribution in [0, 0.1) is 0 Å². The normalized spacial score (nSPS) is 28.8. The highest BCUT2D eigenvalue weighted by atomic mass is 16.5. The van der Waals surface area contributed by atoms with Gasteiger partial charge >= 0.3 is 6.03 Å². The lowest BCUT2D eigenvalue weighted by Gasteiger charge is -2.42.